The number of hydrogen-bond donors (Lipinski definition) is 0. The van der Waals surface area contributed by atoms with Crippen molar-refractivity contribution >= 4 is 28.6 Å². The predicted octanol–water partition coefficient (Wildman–Crippen LogP) is 5.18. The second-order valence-electron chi connectivity index (χ2n) is 6.87. The molecular formula is C24H21N3O2. The predicted molar refractivity (Wildman–Crippen MR) is 116 cm³/mol. The highest BCUT2D eigenvalue weighted by Crippen LogP contribution is 2.23. The first kappa shape index (κ1) is 18.6. The normalized spacial score (nSPS) is 11.3. The third-order valence-electron chi connectivity index (χ3n) is 4.99. The Morgan fingerprint density at radius 2 is 1.83 bits per heavy atom. The van der Waals surface area contributed by atoms with Crippen molar-refractivity contribution < 1.29 is 9.53 Å². The fourth-order valence-corrected chi connectivity index (χ4v) is 3.48. The van der Waals surface area contributed by atoms with Gasteiger partial charge in [0.25, 0.3) is 0 Å². The molecule has 0 amide bonds. The van der Waals surface area contributed by atoms with Crippen LogP contribution in [-0.4, -0.2) is 28.8 Å². The highest BCUT2D eigenvalue weighted by Gasteiger charge is 2.11. The van der Waals surface area contributed by atoms with E-state index in [2.05, 4.69) is 40.5 Å². The minimum atomic E-state index is -0.337. The fraction of sp³-hybridized carbons (Fsp3) is 0.125. The number of ether oxygens (including phenoxy) is 1. The number of carbonyl (C=O) groups excluding carboxylic acids is 1. The zero-order valence-corrected chi connectivity index (χ0v) is 16.6. The molecule has 5 nitrogen and oxygen atoms in total. The van der Waals surface area contributed by atoms with Crippen LogP contribution in [-0.2, 0) is 4.74 Å². The molecular weight excluding hydrogens is 362 g/mol. The lowest BCUT2D eigenvalue weighted by atomic mass is 10.1. The van der Waals surface area contributed by atoms with Gasteiger partial charge in [-0.15, -0.1) is 0 Å². The Labute approximate surface area is 169 Å². The molecule has 0 bridgehead atoms. The van der Waals surface area contributed by atoms with E-state index in [0.29, 0.717) is 5.56 Å². The first-order valence-electron chi connectivity index (χ1n) is 9.32. The number of pyridine rings is 1. The van der Waals surface area contributed by atoms with Crippen LogP contribution in [0.15, 0.2) is 72.0 Å². The fourth-order valence-electron chi connectivity index (χ4n) is 3.48. The first-order valence-corrected chi connectivity index (χ1v) is 9.32. The van der Waals surface area contributed by atoms with E-state index in [-0.39, 0.29) is 5.97 Å². The van der Waals surface area contributed by atoms with E-state index in [1.807, 2.05) is 42.7 Å². The van der Waals surface area contributed by atoms with Crippen molar-refractivity contribution in [3.63, 3.8) is 0 Å². The molecule has 4 aromatic rings. The molecule has 0 atom stereocenters. The van der Waals surface area contributed by atoms with Crippen LogP contribution >= 0.6 is 0 Å². The van der Waals surface area contributed by atoms with Crippen LogP contribution < -0.4 is 0 Å². The number of aryl methyl sites for hydroxylation is 1. The Balaban J connectivity index is 1.64. The summed E-state index contributed by atoms with van der Waals surface area (Å²) in [6, 6.07) is 17.6. The van der Waals surface area contributed by atoms with Gasteiger partial charge in [-0.05, 0) is 67.8 Å². The SMILES string of the molecule is COC(=O)c1ccc(-n2c(C)cc(C=Nc3ccc4cnccc4c3)c2C)cc1. The summed E-state index contributed by atoms with van der Waals surface area (Å²) < 4.78 is 6.91. The maximum Gasteiger partial charge on any atom is 0.337 e. The van der Waals surface area contributed by atoms with Gasteiger partial charge in [-0.1, -0.05) is 6.07 Å². The molecule has 2 aromatic heterocycles. The summed E-state index contributed by atoms with van der Waals surface area (Å²) in [5.41, 5.74) is 5.66. The molecule has 2 aromatic carbocycles. The van der Waals surface area contributed by atoms with Gasteiger partial charge >= 0.3 is 5.97 Å². The monoisotopic (exact) mass is 383 g/mol. The minimum absolute atomic E-state index is 0.337. The Morgan fingerprint density at radius 1 is 1.03 bits per heavy atom. The molecule has 0 spiro atoms. The first-order chi connectivity index (χ1) is 14.1. The molecule has 144 valence electrons. The van der Waals surface area contributed by atoms with Gasteiger partial charge in [0.1, 0.15) is 0 Å². The lowest BCUT2D eigenvalue weighted by Gasteiger charge is -2.10. The molecule has 0 saturated carbocycles. The Bertz CT molecular complexity index is 1220. The van der Waals surface area contributed by atoms with Crippen molar-refractivity contribution in [3.8, 4) is 5.69 Å². The van der Waals surface area contributed by atoms with Crippen LogP contribution in [0.25, 0.3) is 16.5 Å². The van der Waals surface area contributed by atoms with Crippen LogP contribution in [0, 0.1) is 13.8 Å². The second kappa shape index (κ2) is 7.72. The third-order valence-corrected chi connectivity index (χ3v) is 4.99. The van der Waals surface area contributed by atoms with Gasteiger partial charge in [-0.2, -0.15) is 0 Å². The molecule has 0 fully saturated rings. The lowest BCUT2D eigenvalue weighted by Crippen LogP contribution is -2.03. The molecule has 0 saturated heterocycles. The van der Waals surface area contributed by atoms with Gasteiger partial charge < -0.3 is 9.30 Å². The summed E-state index contributed by atoms with van der Waals surface area (Å²) in [5.74, 6) is -0.337. The van der Waals surface area contributed by atoms with Crippen molar-refractivity contribution in [2.24, 2.45) is 4.99 Å². The van der Waals surface area contributed by atoms with E-state index in [4.69, 9.17) is 4.74 Å². The molecule has 5 heteroatoms. The zero-order chi connectivity index (χ0) is 20.4. The van der Waals surface area contributed by atoms with E-state index in [1.165, 1.54) is 7.11 Å². The van der Waals surface area contributed by atoms with Crippen LogP contribution in [0.5, 0.6) is 0 Å². The topological polar surface area (TPSA) is 56.5 Å². The smallest absolute Gasteiger partial charge is 0.337 e. The Morgan fingerprint density at radius 3 is 2.59 bits per heavy atom. The molecule has 0 N–H and O–H groups in total. The van der Waals surface area contributed by atoms with Gasteiger partial charge in [-0.3, -0.25) is 9.98 Å². The van der Waals surface area contributed by atoms with E-state index < -0.39 is 0 Å². The van der Waals surface area contributed by atoms with E-state index in [9.17, 15) is 4.79 Å². The van der Waals surface area contributed by atoms with Crippen molar-refractivity contribution in [1.82, 2.24) is 9.55 Å². The van der Waals surface area contributed by atoms with E-state index in [1.54, 1.807) is 18.3 Å². The number of aromatic nitrogens is 2. The summed E-state index contributed by atoms with van der Waals surface area (Å²) in [5, 5.41) is 2.21. The second-order valence-corrected chi connectivity index (χ2v) is 6.87. The highest BCUT2D eigenvalue weighted by molar-refractivity contribution is 5.90. The van der Waals surface area contributed by atoms with E-state index in [0.717, 1.165) is 39.1 Å². The molecule has 0 unspecified atom stereocenters. The molecule has 4 rings (SSSR count). The number of fused-ring (bicyclic) bond motifs is 1. The van der Waals surface area contributed by atoms with Gasteiger partial charge in [0, 0.05) is 46.6 Å². The van der Waals surface area contributed by atoms with Crippen molar-refractivity contribution in [3.05, 3.63) is 89.5 Å². The van der Waals surface area contributed by atoms with Gasteiger partial charge in [0.2, 0.25) is 0 Å². The third kappa shape index (κ3) is 3.67. The number of benzene rings is 2. The van der Waals surface area contributed by atoms with Crippen molar-refractivity contribution in [2.75, 3.05) is 7.11 Å². The van der Waals surface area contributed by atoms with Gasteiger partial charge in [0.05, 0.1) is 18.4 Å². The lowest BCUT2D eigenvalue weighted by molar-refractivity contribution is 0.0601. The van der Waals surface area contributed by atoms with Crippen molar-refractivity contribution in [2.45, 2.75) is 13.8 Å². The van der Waals surface area contributed by atoms with Crippen LogP contribution in [0.1, 0.15) is 27.3 Å². The van der Waals surface area contributed by atoms with E-state index >= 15 is 0 Å². The number of nitrogens with zero attached hydrogens (tertiary/aromatic N) is 3. The molecule has 29 heavy (non-hydrogen) atoms. The van der Waals surface area contributed by atoms with Gasteiger partial charge in [0.15, 0.2) is 0 Å². The number of esters is 1. The average Bonchev–Trinajstić information content (AvgIpc) is 3.04. The number of hydrogen-bond acceptors (Lipinski definition) is 4. The maximum atomic E-state index is 11.7. The molecule has 2 heterocycles. The molecule has 0 radical (unpaired) electrons. The van der Waals surface area contributed by atoms with Crippen molar-refractivity contribution in [1.29, 1.82) is 0 Å². The minimum Gasteiger partial charge on any atom is -0.465 e. The summed E-state index contributed by atoms with van der Waals surface area (Å²) in [6.07, 6.45) is 5.53. The number of carbonyl (C=O) groups is 1. The number of rotatable bonds is 4. The Kier molecular flexibility index (Phi) is 4.96. The molecule has 0 aliphatic rings. The summed E-state index contributed by atoms with van der Waals surface area (Å²) in [4.78, 5) is 20.5. The average molecular weight is 383 g/mol. The molecule has 0 aliphatic carbocycles. The summed E-state index contributed by atoms with van der Waals surface area (Å²) in [7, 11) is 1.38. The molecule has 0 aliphatic heterocycles. The largest absolute Gasteiger partial charge is 0.465 e. The number of aliphatic imine (C=N–C) groups is 1. The summed E-state index contributed by atoms with van der Waals surface area (Å²) >= 11 is 0. The van der Waals surface area contributed by atoms with Crippen LogP contribution in [0.2, 0.25) is 0 Å². The zero-order valence-electron chi connectivity index (χ0n) is 16.6. The standard InChI is InChI=1S/C24H21N3O2/c1-16-12-21(15-26-22-7-4-20-14-25-11-10-19(20)13-22)17(2)27(16)23-8-5-18(6-9-23)24(28)29-3/h4-15H,1-3H3. The van der Waals surface area contributed by atoms with Crippen LogP contribution in [0.4, 0.5) is 5.69 Å². The summed E-state index contributed by atoms with van der Waals surface area (Å²) in [6.45, 7) is 4.12. The van der Waals surface area contributed by atoms with Gasteiger partial charge in [-0.25, -0.2) is 4.79 Å². The maximum absolute atomic E-state index is 11.7. The van der Waals surface area contributed by atoms with Crippen LogP contribution in [0.3, 0.4) is 0 Å². The highest BCUT2D eigenvalue weighted by atomic mass is 16.5. The quantitative estimate of drug-likeness (QED) is 0.360. The Hall–Kier alpha value is -3.73. The number of methoxy groups -OCH3 is 1.